The Morgan fingerprint density at radius 3 is 2.17 bits per heavy atom. The van der Waals surface area contributed by atoms with Gasteiger partial charge in [-0.25, -0.2) is 0 Å². The number of carboxylic acid groups (broad SMARTS) is 1. The lowest BCUT2D eigenvalue weighted by molar-refractivity contribution is -0.141. The number of nitrogens with one attached hydrogen (secondary N) is 2. The van der Waals surface area contributed by atoms with Crippen LogP contribution in [0.15, 0.2) is 54.6 Å². The number of rotatable bonds is 12. The summed E-state index contributed by atoms with van der Waals surface area (Å²) in [6.07, 6.45) is -0.244. The van der Waals surface area contributed by atoms with E-state index in [2.05, 4.69) is 10.6 Å². The lowest BCUT2D eigenvalue weighted by atomic mass is 10.0. The second kappa shape index (κ2) is 13.2. The summed E-state index contributed by atoms with van der Waals surface area (Å²) < 4.78 is 0. The number of halogens is 1. The van der Waals surface area contributed by atoms with E-state index in [0.29, 0.717) is 16.9 Å². The maximum Gasteiger partial charge on any atom is 0.305 e. The molecular formula is C25H28ClN3O6. The molecule has 35 heavy (non-hydrogen) atoms. The molecule has 2 atom stereocenters. The van der Waals surface area contributed by atoms with Crippen LogP contribution in [-0.4, -0.2) is 58.6 Å². The summed E-state index contributed by atoms with van der Waals surface area (Å²) in [5, 5.41) is 14.4. The van der Waals surface area contributed by atoms with E-state index in [0.717, 1.165) is 5.56 Å². The van der Waals surface area contributed by atoms with Gasteiger partial charge in [0.2, 0.25) is 11.8 Å². The normalized spacial score (nSPS) is 12.3. The highest BCUT2D eigenvalue weighted by molar-refractivity contribution is 6.30. The quantitative estimate of drug-likeness (QED) is 0.382. The molecule has 3 amide bonds. The third-order valence-electron chi connectivity index (χ3n) is 5.09. The Hall–Kier alpha value is -3.72. The third kappa shape index (κ3) is 8.86. The predicted molar refractivity (Wildman–Crippen MR) is 130 cm³/mol. The van der Waals surface area contributed by atoms with Crippen molar-refractivity contribution in [3.05, 3.63) is 70.7 Å². The summed E-state index contributed by atoms with van der Waals surface area (Å²) in [4.78, 5) is 62.2. The first-order chi connectivity index (χ1) is 16.6. The van der Waals surface area contributed by atoms with Crippen LogP contribution in [0.5, 0.6) is 0 Å². The molecule has 9 nitrogen and oxygen atoms in total. The van der Waals surface area contributed by atoms with Crippen LogP contribution < -0.4 is 10.6 Å². The average molecular weight is 502 g/mol. The van der Waals surface area contributed by atoms with Gasteiger partial charge < -0.3 is 25.4 Å². The lowest BCUT2D eigenvalue weighted by Gasteiger charge is -2.30. The van der Waals surface area contributed by atoms with Crippen LogP contribution in [0.25, 0.3) is 0 Å². The predicted octanol–water partition coefficient (Wildman–Crippen LogP) is 2.28. The molecule has 0 radical (unpaired) electrons. The minimum atomic E-state index is -1.25. The number of carbonyl (C=O) groups is 5. The Morgan fingerprint density at radius 1 is 1.00 bits per heavy atom. The Morgan fingerprint density at radius 2 is 1.63 bits per heavy atom. The number of aliphatic carboxylic acids is 1. The molecule has 2 rings (SSSR count). The number of carbonyl (C=O) groups excluding carboxylic acids is 4. The van der Waals surface area contributed by atoms with Crippen molar-refractivity contribution in [3.63, 3.8) is 0 Å². The largest absolute Gasteiger partial charge is 0.481 e. The van der Waals surface area contributed by atoms with Crippen molar-refractivity contribution in [2.24, 2.45) is 5.92 Å². The topological polar surface area (TPSA) is 133 Å². The van der Waals surface area contributed by atoms with Crippen LogP contribution in [0.4, 0.5) is 0 Å². The average Bonchev–Trinajstić information content (AvgIpc) is 2.81. The Labute approximate surface area is 208 Å². The number of benzene rings is 2. The Bertz CT molecular complexity index is 1040. The van der Waals surface area contributed by atoms with Crippen molar-refractivity contribution in [1.29, 1.82) is 0 Å². The minimum absolute atomic E-state index is 0.0673. The van der Waals surface area contributed by atoms with Crippen LogP contribution in [0.3, 0.4) is 0 Å². The highest BCUT2D eigenvalue weighted by Gasteiger charge is 2.30. The standard InChI is InChI=1S/C25H28ClN3O6/c1-16(2)23(28-24(34)18-8-10-19(26)11-9-18)25(35)29(13-17-6-4-3-5-7-17)14-21(31)27-20(15-30)12-22(32)33/h3-11,15-16,20,23H,12-14H2,1-2H3,(H,27,31)(H,28,34)(H,32,33). The van der Waals surface area contributed by atoms with E-state index in [-0.39, 0.29) is 12.5 Å². The molecule has 186 valence electrons. The zero-order valence-corrected chi connectivity index (χ0v) is 20.2. The van der Waals surface area contributed by atoms with Crippen molar-refractivity contribution >= 4 is 41.6 Å². The van der Waals surface area contributed by atoms with Crippen LogP contribution in [-0.2, 0) is 25.7 Å². The summed E-state index contributed by atoms with van der Waals surface area (Å²) >= 11 is 5.88. The Kier molecular flexibility index (Phi) is 10.4. The molecule has 2 aromatic rings. The third-order valence-corrected chi connectivity index (χ3v) is 5.35. The zero-order chi connectivity index (χ0) is 26.0. The van der Waals surface area contributed by atoms with Gasteiger partial charge in [-0.1, -0.05) is 55.8 Å². The second-order valence-electron chi connectivity index (χ2n) is 8.29. The number of hydrogen-bond acceptors (Lipinski definition) is 5. The number of nitrogens with zero attached hydrogens (tertiary/aromatic N) is 1. The van der Waals surface area contributed by atoms with Crippen LogP contribution in [0.2, 0.25) is 5.02 Å². The van der Waals surface area contributed by atoms with Crippen molar-refractivity contribution in [3.8, 4) is 0 Å². The first kappa shape index (κ1) is 27.5. The molecule has 2 unspecified atom stereocenters. The number of amides is 3. The van der Waals surface area contributed by atoms with E-state index < -0.39 is 48.7 Å². The van der Waals surface area contributed by atoms with E-state index >= 15 is 0 Å². The molecule has 0 heterocycles. The molecule has 0 aromatic heterocycles. The van der Waals surface area contributed by atoms with E-state index in [9.17, 15) is 24.0 Å². The van der Waals surface area contributed by atoms with Gasteiger partial charge in [0, 0.05) is 17.1 Å². The molecule has 0 spiro atoms. The van der Waals surface area contributed by atoms with Crippen molar-refractivity contribution in [2.45, 2.75) is 38.9 Å². The molecule has 3 N–H and O–H groups in total. The fraction of sp³-hybridized carbons (Fsp3) is 0.320. The van der Waals surface area contributed by atoms with Gasteiger partial charge in [0.15, 0.2) is 0 Å². The van der Waals surface area contributed by atoms with E-state index in [4.69, 9.17) is 16.7 Å². The van der Waals surface area contributed by atoms with Gasteiger partial charge in [0.1, 0.15) is 12.3 Å². The molecule has 0 saturated carbocycles. The summed E-state index contributed by atoms with van der Waals surface area (Å²) in [6, 6.07) is 13.0. The first-order valence-corrected chi connectivity index (χ1v) is 11.3. The second-order valence-corrected chi connectivity index (χ2v) is 8.73. The minimum Gasteiger partial charge on any atom is -0.481 e. The van der Waals surface area contributed by atoms with E-state index in [1.54, 1.807) is 50.2 Å². The molecule has 0 aliphatic rings. The van der Waals surface area contributed by atoms with Gasteiger partial charge in [-0.2, -0.15) is 0 Å². The number of aldehydes is 1. The summed E-state index contributed by atoms with van der Waals surface area (Å²) in [7, 11) is 0. The zero-order valence-electron chi connectivity index (χ0n) is 19.4. The molecule has 0 fully saturated rings. The van der Waals surface area contributed by atoms with Gasteiger partial charge in [-0.3, -0.25) is 19.2 Å². The summed E-state index contributed by atoms with van der Waals surface area (Å²) in [5.74, 6) is -3.22. The summed E-state index contributed by atoms with van der Waals surface area (Å²) in [5.41, 5.74) is 1.07. The molecule has 0 aliphatic carbocycles. The lowest BCUT2D eigenvalue weighted by Crippen LogP contribution is -2.53. The first-order valence-electron chi connectivity index (χ1n) is 11.0. The fourth-order valence-corrected chi connectivity index (χ4v) is 3.42. The van der Waals surface area contributed by atoms with E-state index in [1.165, 1.54) is 17.0 Å². The van der Waals surface area contributed by atoms with Gasteiger partial charge in [-0.15, -0.1) is 0 Å². The molecule has 0 bridgehead atoms. The van der Waals surface area contributed by atoms with Gasteiger partial charge >= 0.3 is 5.97 Å². The van der Waals surface area contributed by atoms with Crippen LogP contribution in [0, 0.1) is 5.92 Å². The molecule has 10 heteroatoms. The van der Waals surface area contributed by atoms with Gasteiger partial charge in [0.05, 0.1) is 19.0 Å². The Balaban J connectivity index is 2.24. The molecule has 2 aromatic carbocycles. The maximum atomic E-state index is 13.5. The van der Waals surface area contributed by atoms with Crippen molar-refractivity contribution < 1.29 is 29.1 Å². The highest BCUT2D eigenvalue weighted by atomic mass is 35.5. The highest BCUT2D eigenvalue weighted by Crippen LogP contribution is 2.14. The smallest absolute Gasteiger partial charge is 0.305 e. The van der Waals surface area contributed by atoms with Gasteiger partial charge in [0.25, 0.3) is 5.91 Å². The SMILES string of the molecule is CC(C)C(NC(=O)c1ccc(Cl)cc1)C(=O)N(CC(=O)NC(C=O)CC(=O)O)Cc1ccccc1. The molecule has 0 saturated heterocycles. The molecular weight excluding hydrogens is 474 g/mol. The molecule has 0 aliphatic heterocycles. The van der Waals surface area contributed by atoms with E-state index in [1.807, 2.05) is 6.07 Å². The number of carboxylic acids is 1. The number of hydrogen-bond donors (Lipinski definition) is 3. The van der Waals surface area contributed by atoms with Gasteiger partial charge in [-0.05, 0) is 35.7 Å². The summed E-state index contributed by atoms with van der Waals surface area (Å²) in [6.45, 7) is 3.16. The van der Waals surface area contributed by atoms with Crippen LogP contribution in [0.1, 0.15) is 36.2 Å². The van der Waals surface area contributed by atoms with Crippen molar-refractivity contribution in [2.75, 3.05) is 6.54 Å². The van der Waals surface area contributed by atoms with Crippen LogP contribution >= 0.6 is 11.6 Å². The fourth-order valence-electron chi connectivity index (χ4n) is 3.30. The van der Waals surface area contributed by atoms with Crippen molar-refractivity contribution in [1.82, 2.24) is 15.5 Å². The maximum absolute atomic E-state index is 13.5. The monoisotopic (exact) mass is 501 g/mol.